The zero-order valence-electron chi connectivity index (χ0n) is 32.8. The number of benzene rings is 9. The molecule has 12 rings (SSSR count). The van der Waals surface area contributed by atoms with Crippen LogP contribution in [0.3, 0.4) is 0 Å². The first kappa shape index (κ1) is 34.0. The molecule has 0 fully saturated rings. The summed E-state index contributed by atoms with van der Waals surface area (Å²) in [6, 6.07) is 71.6. The van der Waals surface area contributed by atoms with E-state index in [-0.39, 0.29) is 5.41 Å². The van der Waals surface area contributed by atoms with Gasteiger partial charge in [0.2, 0.25) is 0 Å². The Kier molecular flexibility index (Phi) is 7.48. The molecule has 0 amide bonds. The van der Waals surface area contributed by atoms with Crippen molar-refractivity contribution in [2.45, 2.75) is 19.3 Å². The lowest BCUT2D eigenvalue weighted by atomic mass is 9.82. The Balaban J connectivity index is 0.979. The molecule has 1 aliphatic carbocycles. The number of nitrogens with zero attached hydrogens (tertiary/aromatic N) is 2. The van der Waals surface area contributed by atoms with Crippen LogP contribution in [0, 0.1) is 0 Å². The van der Waals surface area contributed by atoms with E-state index in [1.165, 1.54) is 92.9 Å². The summed E-state index contributed by atoms with van der Waals surface area (Å²) >= 11 is 1.74. The van der Waals surface area contributed by atoms with Crippen molar-refractivity contribution in [3.8, 4) is 60.8 Å². The van der Waals surface area contributed by atoms with Crippen molar-refractivity contribution in [3.05, 3.63) is 205 Å². The van der Waals surface area contributed by atoms with Crippen LogP contribution in [0.15, 0.2) is 194 Å². The van der Waals surface area contributed by atoms with Crippen LogP contribution in [-0.4, -0.2) is 9.55 Å². The van der Waals surface area contributed by atoms with E-state index in [4.69, 9.17) is 4.98 Å². The molecule has 0 unspecified atom stereocenters. The number of hydrogen-bond acceptors (Lipinski definition) is 2. The Bertz CT molecular complexity index is 3440. The molecule has 2 heterocycles. The molecule has 2 nitrogen and oxygen atoms in total. The third-order valence-electron chi connectivity index (χ3n) is 12.6. The first-order chi connectivity index (χ1) is 29.0. The normalized spacial score (nSPS) is 13.1. The van der Waals surface area contributed by atoms with Crippen LogP contribution >= 0.6 is 11.3 Å². The zero-order valence-corrected chi connectivity index (χ0v) is 33.6. The van der Waals surface area contributed by atoms with Crippen LogP contribution in [0.4, 0.5) is 0 Å². The van der Waals surface area contributed by atoms with Gasteiger partial charge in [0.1, 0.15) is 5.01 Å². The SMILES string of the molecule is CC1(C)c2ccccc2-c2cc(-c3cccc(-c4ccc5c(c4)c4cc(-c6ccc(-c7nc8ccccc8s7)cc6)ccc4n5-c4ccc5ccccc5c4)c3)ccc21. The maximum absolute atomic E-state index is 4.91. The number of para-hydroxylation sites is 1. The van der Waals surface area contributed by atoms with Gasteiger partial charge in [-0.1, -0.05) is 147 Å². The average Bonchev–Trinajstić information content (AvgIpc) is 3.94. The van der Waals surface area contributed by atoms with Crippen LogP contribution in [0.25, 0.3) is 104 Å². The topological polar surface area (TPSA) is 17.8 Å². The maximum Gasteiger partial charge on any atom is 0.124 e. The highest BCUT2D eigenvalue weighted by Gasteiger charge is 2.35. The van der Waals surface area contributed by atoms with Gasteiger partial charge in [-0.15, -0.1) is 11.3 Å². The Hall–Kier alpha value is -7.07. The molecule has 278 valence electrons. The van der Waals surface area contributed by atoms with E-state index >= 15 is 0 Å². The lowest BCUT2D eigenvalue weighted by molar-refractivity contribution is 0.660. The number of fused-ring (bicyclic) bond motifs is 8. The monoisotopic (exact) mass is 770 g/mol. The average molecular weight is 771 g/mol. The molecule has 0 saturated heterocycles. The molecular formula is C56H38N2S. The highest BCUT2D eigenvalue weighted by Crippen LogP contribution is 2.49. The third-order valence-corrected chi connectivity index (χ3v) is 13.7. The van der Waals surface area contributed by atoms with E-state index in [0.717, 1.165) is 21.8 Å². The molecule has 0 atom stereocenters. The number of thiazole rings is 1. The molecule has 59 heavy (non-hydrogen) atoms. The molecule has 0 aliphatic heterocycles. The van der Waals surface area contributed by atoms with E-state index in [1.54, 1.807) is 11.3 Å². The number of rotatable bonds is 5. The van der Waals surface area contributed by atoms with Crippen molar-refractivity contribution in [3.63, 3.8) is 0 Å². The second-order valence-corrected chi connectivity index (χ2v) is 17.4. The van der Waals surface area contributed by atoms with Crippen LogP contribution in [0.2, 0.25) is 0 Å². The van der Waals surface area contributed by atoms with Crippen molar-refractivity contribution in [2.24, 2.45) is 0 Å². The minimum atomic E-state index is -0.00573. The first-order valence-electron chi connectivity index (χ1n) is 20.4. The molecule has 2 aromatic heterocycles. The van der Waals surface area contributed by atoms with E-state index in [0.29, 0.717) is 0 Å². The van der Waals surface area contributed by atoms with Gasteiger partial charge in [-0.2, -0.15) is 0 Å². The lowest BCUT2D eigenvalue weighted by Gasteiger charge is -2.21. The molecule has 1 aliphatic rings. The van der Waals surface area contributed by atoms with Crippen molar-refractivity contribution in [1.29, 1.82) is 0 Å². The van der Waals surface area contributed by atoms with Gasteiger partial charge in [0, 0.05) is 27.4 Å². The van der Waals surface area contributed by atoms with Gasteiger partial charge < -0.3 is 4.57 Å². The van der Waals surface area contributed by atoms with Crippen molar-refractivity contribution >= 4 is 54.1 Å². The Labute approximate surface area is 347 Å². The fraction of sp³-hybridized carbons (Fsp3) is 0.0536. The summed E-state index contributed by atoms with van der Waals surface area (Å²) in [7, 11) is 0. The van der Waals surface area contributed by atoms with Crippen LogP contribution in [0.1, 0.15) is 25.0 Å². The Morgan fingerprint density at radius 1 is 0.424 bits per heavy atom. The van der Waals surface area contributed by atoms with Gasteiger partial charge in [-0.05, 0) is 127 Å². The molecule has 0 N–H and O–H groups in total. The predicted octanol–water partition coefficient (Wildman–Crippen LogP) is 15.5. The maximum atomic E-state index is 4.91. The van der Waals surface area contributed by atoms with E-state index in [1.807, 2.05) is 0 Å². The van der Waals surface area contributed by atoms with Crippen molar-refractivity contribution < 1.29 is 0 Å². The van der Waals surface area contributed by atoms with Gasteiger partial charge in [-0.3, -0.25) is 0 Å². The quantitative estimate of drug-likeness (QED) is 0.170. The standard InChI is InChI=1S/C56H38N2S/c1-56(2)49-15-6-5-14-45(49)46-32-42(23-27-50(46)56)38-12-9-13-39(30-38)43-25-29-53-48(34-43)47-33-41(24-28-52(47)58(53)44-26-22-35-10-3-4-11-40(35)31-44)36-18-20-37(21-19-36)55-57-51-16-7-8-17-54(51)59-55/h3-34H,1-2H3. The summed E-state index contributed by atoms with van der Waals surface area (Å²) in [6.45, 7) is 4.68. The fourth-order valence-corrected chi connectivity index (χ4v) is 10.5. The smallest absolute Gasteiger partial charge is 0.124 e. The summed E-state index contributed by atoms with van der Waals surface area (Å²) in [4.78, 5) is 4.91. The molecule has 0 spiro atoms. The molecule has 0 saturated carbocycles. The van der Waals surface area contributed by atoms with Crippen LogP contribution < -0.4 is 0 Å². The summed E-state index contributed by atoms with van der Waals surface area (Å²) in [5.74, 6) is 0. The molecular weight excluding hydrogens is 733 g/mol. The lowest BCUT2D eigenvalue weighted by Crippen LogP contribution is -2.14. The van der Waals surface area contributed by atoms with Gasteiger partial charge in [0.25, 0.3) is 0 Å². The van der Waals surface area contributed by atoms with E-state index in [9.17, 15) is 0 Å². The second kappa shape index (κ2) is 13.0. The highest BCUT2D eigenvalue weighted by molar-refractivity contribution is 7.21. The summed E-state index contributed by atoms with van der Waals surface area (Å²) in [5, 5.41) is 6.00. The van der Waals surface area contributed by atoms with Gasteiger partial charge in [-0.25, -0.2) is 4.98 Å². The first-order valence-corrected chi connectivity index (χ1v) is 21.2. The van der Waals surface area contributed by atoms with Gasteiger partial charge in [0.15, 0.2) is 0 Å². The van der Waals surface area contributed by atoms with E-state index in [2.05, 4.69) is 213 Å². The summed E-state index contributed by atoms with van der Waals surface area (Å²) in [6.07, 6.45) is 0. The highest BCUT2D eigenvalue weighted by atomic mass is 32.1. The molecule has 0 radical (unpaired) electrons. The molecule has 0 bridgehead atoms. The zero-order chi connectivity index (χ0) is 39.2. The van der Waals surface area contributed by atoms with Crippen molar-refractivity contribution in [1.82, 2.24) is 9.55 Å². The van der Waals surface area contributed by atoms with Gasteiger partial charge in [0.05, 0.1) is 21.3 Å². The number of aromatic nitrogens is 2. The summed E-state index contributed by atoms with van der Waals surface area (Å²) < 4.78 is 3.64. The molecule has 11 aromatic rings. The Morgan fingerprint density at radius 2 is 1.02 bits per heavy atom. The second-order valence-electron chi connectivity index (χ2n) is 16.4. The molecule has 3 heteroatoms. The molecule has 9 aromatic carbocycles. The van der Waals surface area contributed by atoms with Crippen molar-refractivity contribution in [2.75, 3.05) is 0 Å². The van der Waals surface area contributed by atoms with E-state index < -0.39 is 0 Å². The van der Waals surface area contributed by atoms with Gasteiger partial charge >= 0.3 is 0 Å². The Morgan fingerprint density at radius 3 is 1.80 bits per heavy atom. The minimum absolute atomic E-state index is 0.00573. The summed E-state index contributed by atoms with van der Waals surface area (Å²) in [5.41, 5.74) is 18.5. The predicted molar refractivity (Wildman–Crippen MR) is 251 cm³/mol. The fourth-order valence-electron chi connectivity index (χ4n) is 9.56. The largest absolute Gasteiger partial charge is 0.309 e. The van der Waals surface area contributed by atoms with Crippen LogP contribution in [0.5, 0.6) is 0 Å². The third kappa shape index (κ3) is 5.42. The van der Waals surface area contributed by atoms with Crippen LogP contribution in [-0.2, 0) is 5.41 Å². The number of hydrogen-bond donors (Lipinski definition) is 0. The minimum Gasteiger partial charge on any atom is -0.309 e.